The zero-order chi connectivity index (χ0) is 13.1. The third-order valence-electron chi connectivity index (χ3n) is 3.54. The van der Waals surface area contributed by atoms with E-state index in [-0.39, 0.29) is 11.6 Å². The number of piperidine rings is 1. The molecule has 0 saturated carbocycles. The molecule has 0 spiro atoms. The van der Waals surface area contributed by atoms with E-state index < -0.39 is 11.6 Å². The van der Waals surface area contributed by atoms with E-state index in [1.54, 1.807) is 0 Å². The Balaban J connectivity index is 2.18. The van der Waals surface area contributed by atoms with Crippen molar-refractivity contribution in [1.82, 2.24) is 4.98 Å². The average Bonchev–Trinajstić information content (AvgIpc) is 2.39. The Kier molecular flexibility index (Phi) is 3.96. The van der Waals surface area contributed by atoms with E-state index in [1.807, 2.05) is 4.90 Å². The molecule has 2 heterocycles. The number of aromatic nitrogens is 1. The minimum absolute atomic E-state index is 0.121. The minimum atomic E-state index is -0.776. The maximum atomic E-state index is 13.7. The Bertz CT molecular complexity index is 417. The van der Waals surface area contributed by atoms with Gasteiger partial charge in [-0.05, 0) is 18.8 Å². The van der Waals surface area contributed by atoms with E-state index in [9.17, 15) is 8.78 Å². The summed E-state index contributed by atoms with van der Waals surface area (Å²) in [5.74, 6) is 4.49. The van der Waals surface area contributed by atoms with Crippen molar-refractivity contribution in [2.24, 2.45) is 11.8 Å². The smallest absolute Gasteiger partial charge is 0.178 e. The first-order chi connectivity index (χ1) is 8.65. The number of halogens is 2. The zero-order valence-electron chi connectivity index (χ0n) is 10.4. The van der Waals surface area contributed by atoms with E-state index in [0.29, 0.717) is 5.92 Å². The van der Waals surface area contributed by atoms with E-state index in [4.69, 9.17) is 5.84 Å². The highest BCUT2D eigenvalue weighted by Gasteiger charge is 2.22. The summed E-state index contributed by atoms with van der Waals surface area (Å²) in [5.41, 5.74) is 2.14. The summed E-state index contributed by atoms with van der Waals surface area (Å²) in [4.78, 5) is 5.75. The second-order valence-electron chi connectivity index (χ2n) is 4.61. The molecule has 0 aliphatic carbocycles. The van der Waals surface area contributed by atoms with Crippen molar-refractivity contribution < 1.29 is 8.78 Å². The molecule has 4 nitrogen and oxygen atoms in total. The molecule has 0 bridgehead atoms. The fourth-order valence-electron chi connectivity index (χ4n) is 2.33. The van der Waals surface area contributed by atoms with Crippen molar-refractivity contribution in [2.75, 3.05) is 23.4 Å². The monoisotopic (exact) mass is 256 g/mol. The Morgan fingerprint density at radius 1 is 1.39 bits per heavy atom. The number of hydrogen-bond donors (Lipinski definition) is 2. The summed E-state index contributed by atoms with van der Waals surface area (Å²) in [6.45, 7) is 3.66. The van der Waals surface area contributed by atoms with Crippen LogP contribution in [0.25, 0.3) is 0 Å². The normalized spacial score (nSPS) is 17.0. The molecule has 1 fully saturated rings. The van der Waals surface area contributed by atoms with Gasteiger partial charge in [0.15, 0.2) is 23.3 Å². The van der Waals surface area contributed by atoms with E-state index in [1.165, 1.54) is 0 Å². The number of hydrogen-bond acceptors (Lipinski definition) is 4. The van der Waals surface area contributed by atoms with E-state index in [2.05, 4.69) is 17.3 Å². The highest BCUT2D eigenvalue weighted by molar-refractivity contribution is 5.49. The molecule has 6 heteroatoms. The van der Waals surface area contributed by atoms with Gasteiger partial charge in [0.2, 0.25) is 0 Å². The molecule has 18 heavy (non-hydrogen) atoms. The summed E-state index contributed by atoms with van der Waals surface area (Å²) in [5, 5.41) is 0. The maximum Gasteiger partial charge on any atom is 0.178 e. The predicted molar refractivity (Wildman–Crippen MR) is 67.2 cm³/mol. The first-order valence-electron chi connectivity index (χ1n) is 6.23. The summed E-state index contributed by atoms with van der Waals surface area (Å²) < 4.78 is 27.0. The number of nitrogen functional groups attached to an aromatic ring is 1. The highest BCUT2D eigenvalue weighted by atomic mass is 19.1. The van der Waals surface area contributed by atoms with Gasteiger partial charge in [0.05, 0.1) is 0 Å². The molecule has 1 saturated heterocycles. The van der Waals surface area contributed by atoms with Gasteiger partial charge in [-0.15, -0.1) is 0 Å². The second-order valence-corrected chi connectivity index (χ2v) is 4.61. The van der Waals surface area contributed by atoms with Crippen LogP contribution in [0.15, 0.2) is 6.07 Å². The van der Waals surface area contributed by atoms with Gasteiger partial charge in [0, 0.05) is 19.2 Å². The number of nitrogens with two attached hydrogens (primary N) is 1. The van der Waals surface area contributed by atoms with Crippen molar-refractivity contribution in [3.63, 3.8) is 0 Å². The molecule has 1 aliphatic heterocycles. The first-order valence-corrected chi connectivity index (χ1v) is 6.23. The molecule has 1 aliphatic rings. The molecule has 0 aromatic carbocycles. The standard InChI is InChI=1S/C12H18F2N4/c1-2-8-3-5-18(6-4-8)12-10(14)7-9(13)11(16-12)17-15/h7-8H,2-6,15H2,1H3,(H,16,17). The summed E-state index contributed by atoms with van der Waals surface area (Å²) in [6.07, 6.45) is 3.17. The van der Waals surface area contributed by atoms with Crippen LogP contribution in [0.1, 0.15) is 26.2 Å². The minimum Gasteiger partial charge on any atom is -0.354 e. The van der Waals surface area contributed by atoms with E-state index in [0.717, 1.165) is 38.4 Å². The van der Waals surface area contributed by atoms with Gasteiger partial charge >= 0.3 is 0 Å². The second kappa shape index (κ2) is 5.48. The van der Waals surface area contributed by atoms with Gasteiger partial charge in [0.1, 0.15) is 0 Å². The number of rotatable bonds is 3. The Hall–Kier alpha value is -1.43. The molecule has 2 rings (SSSR count). The topological polar surface area (TPSA) is 54.2 Å². The lowest BCUT2D eigenvalue weighted by molar-refractivity contribution is 0.390. The molecule has 1 aromatic rings. The number of anilines is 2. The SMILES string of the molecule is CCC1CCN(c2nc(NN)c(F)cc2F)CC1. The van der Waals surface area contributed by atoms with Gasteiger partial charge in [-0.25, -0.2) is 19.6 Å². The van der Waals surface area contributed by atoms with Crippen molar-refractivity contribution in [2.45, 2.75) is 26.2 Å². The zero-order valence-corrected chi connectivity index (χ0v) is 10.4. The van der Waals surface area contributed by atoms with Gasteiger partial charge in [-0.2, -0.15) is 0 Å². The molecule has 0 atom stereocenters. The van der Waals surface area contributed by atoms with Crippen LogP contribution in [-0.4, -0.2) is 18.1 Å². The average molecular weight is 256 g/mol. The van der Waals surface area contributed by atoms with Crippen molar-refractivity contribution >= 4 is 11.6 Å². The first kappa shape index (κ1) is 13.0. The lowest BCUT2D eigenvalue weighted by Gasteiger charge is -2.32. The third-order valence-corrected chi connectivity index (χ3v) is 3.54. The third kappa shape index (κ3) is 2.53. The lowest BCUT2D eigenvalue weighted by atomic mass is 9.94. The molecular weight excluding hydrogens is 238 g/mol. The Morgan fingerprint density at radius 2 is 2.06 bits per heavy atom. The van der Waals surface area contributed by atoms with Crippen LogP contribution in [0.4, 0.5) is 20.4 Å². The van der Waals surface area contributed by atoms with Gasteiger partial charge in [-0.1, -0.05) is 13.3 Å². The van der Waals surface area contributed by atoms with Crippen LogP contribution in [0, 0.1) is 17.6 Å². The summed E-state index contributed by atoms with van der Waals surface area (Å²) in [7, 11) is 0. The summed E-state index contributed by atoms with van der Waals surface area (Å²) >= 11 is 0. The van der Waals surface area contributed by atoms with Gasteiger partial charge in [-0.3, -0.25) is 0 Å². The maximum absolute atomic E-state index is 13.7. The number of nitrogens with zero attached hydrogens (tertiary/aromatic N) is 2. The van der Waals surface area contributed by atoms with Crippen molar-refractivity contribution in [3.05, 3.63) is 17.7 Å². The molecule has 3 N–H and O–H groups in total. The number of nitrogens with one attached hydrogen (secondary N) is 1. The quantitative estimate of drug-likeness (QED) is 0.643. The lowest BCUT2D eigenvalue weighted by Crippen LogP contribution is -2.35. The molecule has 0 amide bonds. The van der Waals surface area contributed by atoms with Crippen LogP contribution >= 0.6 is 0 Å². The number of hydrazine groups is 1. The predicted octanol–water partition coefficient (Wildman–Crippen LogP) is 2.27. The summed E-state index contributed by atoms with van der Waals surface area (Å²) in [6, 6.07) is 0.823. The van der Waals surface area contributed by atoms with Crippen molar-refractivity contribution in [1.29, 1.82) is 0 Å². The van der Waals surface area contributed by atoms with E-state index >= 15 is 0 Å². The van der Waals surface area contributed by atoms with Crippen LogP contribution in [-0.2, 0) is 0 Å². The highest BCUT2D eigenvalue weighted by Crippen LogP contribution is 2.27. The molecule has 0 radical (unpaired) electrons. The molecule has 1 aromatic heterocycles. The molecule has 0 unspecified atom stereocenters. The van der Waals surface area contributed by atoms with Gasteiger partial charge < -0.3 is 10.3 Å². The molecule has 100 valence electrons. The number of pyridine rings is 1. The Morgan fingerprint density at radius 3 is 2.61 bits per heavy atom. The van der Waals surface area contributed by atoms with Crippen LogP contribution < -0.4 is 16.2 Å². The van der Waals surface area contributed by atoms with Crippen LogP contribution in [0.3, 0.4) is 0 Å². The fourth-order valence-corrected chi connectivity index (χ4v) is 2.33. The van der Waals surface area contributed by atoms with Crippen LogP contribution in [0.5, 0.6) is 0 Å². The largest absolute Gasteiger partial charge is 0.354 e. The fraction of sp³-hybridized carbons (Fsp3) is 0.583. The van der Waals surface area contributed by atoms with Crippen LogP contribution in [0.2, 0.25) is 0 Å². The molecular formula is C12H18F2N4. The Labute approximate surface area is 105 Å². The van der Waals surface area contributed by atoms with Gasteiger partial charge in [0.25, 0.3) is 0 Å². The van der Waals surface area contributed by atoms with Crippen molar-refractivity contribution in [3.8, 4) is 0 Å².